The van der Waals surface area contributed by atoms with Gasteiger partial charge in [-0.2, -0.15) is 0 Å². The first kappa shape index (κ1) is 21.4. The van der Waals surface area contributed by atoms with Crippen LogP contribution in [-0.4, -0.2) is 54.3 Å². The summed E-state index contributed by atoms with van der Waals surface area (Å²) in [7, 11) is 0. The van der Waals surface area contributed by atoms with E-state index >= 15 is 0 Å². The standard InChI is InChI=1S/C23H25ClN4O3S/c1-16-3-5-18(6-4-16)28-22(27-7-11-29-12-8-27)25-26-23(28)32-15-17-13-19(24)21-20(14-17)30-9-2-10-31-21/h3-6,13-14H,2,7-12,15H2,1H3. The van der Waals surface area contributed by atoms with Crippen molar-refractivity contribution in [3.8, 4) is 17.2 Å². The highest BCUT2D eigenvalue weighted by molar-refractivity contribution is 7.98. The third kappa shape index (κ3) is 4.53. The molecule has 0 saturated carbocycles. The highest BCUT2D eigenvalue weighted by Gasteiger charge is 2.22. The van der Waals surface area contributed by atoms with Crippen LogP contribution in [0.4, 0.5) is 5.95 Å². The topological polar surface area (TPSA) is 61.6 Å². The van der Waals surface area contributed by atoms with Crippen LogP contribution in [0.3, 0.4) is 0 Å². The van der Waals surface area contributed by atoms with Crippen LogP contribution in [0.1, 0.15) is 17.5 Å². The summed E-state index contributed by atoms with van der Waals surface area (Å²) >= 11 is 8.11. The second-order valence-corrected chi connectivity index (χ2v) is 9.15. The number of thioether (sulfide) groups is 1. The first-order valence-corrected chi connectivity index (χ1v) is 12.1. The van der Waals surface area contributed by atoms with Crippen LogP contribution in [0.25, 0.3) is 5.69 Å². The van der Waals surface area contributed by atoms with E-state index < -0.39 is 0 Å². The zero-order chi connectivity index (χ0) is 21.9. The maximum Gasteiger partial charge on any atom is 0.232 e. The number of ether oxygens (including phenoxy) is 3. The van der Waals surface area contributed by atoms with Crippen LogP contribution in [0, 0.1) is 6.92 Å². The molecule has 1 aromatic heterocycles. The number of fused-ring (bicyclic) bond motifs is 1. The molecule has 0 aliphatic carbocycles. The van der Waals surface area contributed by atoms with E-state index in [1.165, 1.54) is 5.56 Å². The van der Waals surface area contributed by atoms with Crippen LogP contribution in [0.15, 0.2) is 41.6 Å². The van der Waals surface area contributed by atoms with Gasteiger partial charge in [0.15, 0.2) is 16.7 Å². The molecule has 0 radical (unpaired) electrons. The van der Waals surface area contributed by atoms with Crippen LogP contribution >= 0.6 is 23.4 Å². The summed E-state index contributed by atoms with van der Waals surface area (Å²) in [5, 5.41) is 10.5. The molecule has 2 aliphatic heterocycles. The number of morpholine rings is 1. The van der Waals surface area contributed by atoms with Gasteiger partial charge in [0.2, 0.25) is 5.95 Å². The Kier molecular flexibility index (Phi) is 6.43. The van der Waals surface area contributed by atoms with Crippen LogP contribution in [-0.2, 0) is 10.5 Å². The lowest BCUT2D eigenvalue weighted by molar-refractivity contribution is 0.122. The number of halogens is 1. The summed E-state index contributed by atoms with van der Waals surface area (Å²) in [6.07, 6.45) is 0.846. The fourth-order valence-electron chi connectivity index (χ4n) is 3.76. The van der Waals surface area contributed by atoms with Gasteiger partial charge in [0.05, 0.1) is 37.1 Å². The van der Waals surface area contributed by atoms with Crippen molar-refractivity contribution in [3.63, 3.8) is 0 Å². The number of nitrogens with zero attached hydrogens (tertiary/aromatic N) is 4. The molecule has 7 nitrogen and oxygen atoms in total. The Labute approximate surface area is 196 Å². The van der Waals surface area contributed by atoms with E-state index in [1.807, 2.05) is 12.1 Å². The van der Waals surface area contributed by atoms with Crippen molar-refractivity contribution in [2.45, 2.75) is 24.3 Å². The lowest BCUT2D eigenvalue weighted by atomic mass is 10.2. The second kappa shape index (κ2) is 9.60. The molecule has 0 spiro atoms. The molecule has 32 heavy (non-hydrogen) atoms. The Morgan fingerprint density at radius 2 is 1.78 bits per heavy atom. The molecule has 2 aromatic carbocycles. The molecule has 0 N–H and O–H groups in total. The van der Waals surface area contributed by atoms with Gasteiger partial charge in [0.1, 0.15) is 0 Å². The summed E-state index contributed by atoms with van der Waals surface area (Å²) in [5.74, 6) is 2.87. The molecular formula is C23H25ClN4O3S. The lowest BCUT2D eigenvalue weighted by Crippen LogP contribution is -2.37. The Balaban J connectivity index is 1.43. The van der Waals surface area contributed by atoms with Gasteiger partial charge in [-0.25, -0.2) is 0 Å². The third-order valence-corrected chi connectivity index (χ3v) is 6.71. The van der Waals surface area contributed by atoms with Gasteiger partial charge < -0.3 is 19.1 Å². The zero-order valence-electron chi connectivity index (χ0n) is 17.9. The fourth-order valence-corrected chi connectivity index (χ4v) is 4.92. The van der Waals surface area contributed by atoms with E-state index in [0.29, 0.717) is 48.7 Å². The zero-order valence-corrected chi connectivity index (χ0v) is 19.5. The van der Waals surface area contributed by atoms with Crippen LogP contribution in [0.5, 0.6) is 11.5 Å². The average Bonchev–Trinajstić information content (AvgIpc) is 3.08. The number of benzene rings is 2. The molecule has 9 heteroatoms. The largest absolute Gasteiger partial charge is 0.489 e. The van der Waals surface area contributed by atoms with Crippen LogP contribution < -0.4 is 14.4 Å². The maximum atomic E-state index is 6.48. The molecule has 1 fully saturated rings. The number of aromatic nitrogens is 3. The van der Waals surface area contributed by atoms with E-state index in [0.717, 1.165) is 41.9 Å². The molecule has 1 saturated heterocycles. The molecule has 0 unspecified atom stereocenters. The Morgan fingerprint density at radius 1 is 1.00 bits per heavy atom. The number of aryl methyl sites for hydroxylation is 1. The monoisotopic (exact) mass is 472 g/mol. The fraction of sp³-hybridized carbons (Fsp3) is 0.391. The Morgan fingerprint density at radius 3 is 2.59 bits per heavy atom. The van der Waals surface area contributed by atoms with Crippen molar-refractivity contribution >= 4 is 29.3 Å². The molecule has 5 rings (SSSR count). The molecule has 0 amide bonds. The molecule has 0 bridgehead atoms. The molecule has 3 aromatic rings. The van der Waals surface area contributed by atoms with E-state index in [-0.39, 0.29) is 0 Å². The van der Waals surface area contributed by atoms with Crippen molar-refractivity contribution in [1.29, 1.82) is 0 Å². The average molecular weight is 473 g/mol. The van der Waals surface area contributed by atoms with Gasteiger partial charge in [-0.05, 0) is 36.8 Å². The van der Waals surface area contributed by atoms with Crippen molar-refractivity contribution in [2.24, 2.45) is 0 Å². The normalized spacial score (nSPS) is 16.1. The van der Waals surface area contributed by atoms with Crippen molar-refractivity contribution in [1.82, 2.24) is 14.8 Å². The summed E-state index contributed by atoms with van der Waals surface area (Å²) in [6.45, 7) is 6.31. The Bertz CT molecular complexity index is 1080. The first-order chi connectivity index (χ1) is 15.7. The summed E-state index contributed by atoms with van der Waals surface area (Å²) < 4.78 is 19.2. The van der Waals surface area contributed by atoms with Gasteiger partial charge in [-0.15, -0.1) is 10.2 Å². The molecule has 3 heterocycles. The lowest BCUT2D eigenvalue weighted by Gasteiger charge is -2.28. The third-order valence-electron chi connectivity index (χ3n) is 5.43. The van der Waals surface area contributed by atoms with E-state index in [4.69, 9.17) is 25.8 Å². The number of hydrogen-bond acceptors (Lipinski definition) is 7. The van der Waals surface area contributed by atoms with Gasteiger partial charge in [-0.3, -0.25) is 4.57 Å². The van der Waals surface area contributed by atoms with Crippen molar-refractivity contribution < 1.29 is 14.2 Å². The van der Waals surface area contributed by atoms with Crippen molar-refractivity contribution in [3.05, 3.63) is 52.5 Å². The van der Waals surface area contributed by atoms with Gasteiger partial charge in [0.25, 0.3) is 0 Å². The predicted molar refractivity (Wildman–Crippen MR) is 126 cm³/mol. The van der Waals surface area contributed by atoms with E-state index in [2.05, 4.69) is 50.9 Å². The van der Waals surface area contributed by atoms with E-state index in [9.17, 15) is 0 Å². The van der Waals surface area contributed by atoms with Gasteiger partial charge >= 0.3 is 0 Å². The summed E-state index contributed by atoms with van der Waals surface area (Å²) in [5.41, 5.74) is 3.31. The quantitative estimate of drug-likeness (QED) is 0.506. The number of anilines is 1. The minimum absolute atomic E-state index is 0.578. The predicted octanol–water partition coefficient (Wildman–Crippen LogP) is 4.52. The SMILES string of the molecule is Cc1ccc(-n2c(SCc3cc(Cl)c4c(c3)OCCCO4)nnc2N2CCOCC2)cc1. The summed E-state index contributed by atoms with van der Waals surface area (Å²) in [6, 6.07) is 12.4. The number of rotatable bonds is 5. The molecule has 2 aliphatic rings. The van der Waals surface area contributed by atoms with Crippen LogP contribution in [0.2, 0.25) is 5.02 Å². The van der Waals surface area contributed by atoms with Crippen molar-refractivity contribution in [2.75, 3.05) is 44.4 Å². The molecular weight excluding hydrogens is 448 g/mol. The van der Waals surface area contributed by atoms with Gasteiger partial charge in [-0.1, -0.05) is 41.1 Å². The molecule has 0 atom stereocenters. The first-order valence-electron chi connectivity index (χ1n) is 10.7. The second-order valence-electron chi connectivity index (χ2n) is 7.80. The number of hydrogen-bond donors (Lipinski definition) is 0. The summed E-state index contributed by atoms with van der Waals surface area (Å²) in [4.78, 5) is 2.23. The minimum Gasteiger partial charge on any atom is -0.489 e. The Hall–Kier alpha value is -2.42. The highest BCUT2D eigenvalue weighted by Crippen LogP contribution is 2.39. The minimum atomic E-state index is 0.578. The van der Waals surface area contributed by atoms with E-state index in [1.54, 1.807) is 11.8 Å². The smallest absolute Gasteiger partial charge is 0.232 e. The maximum absolute atomic E-state index is 6.48. The highest BCUT2D eigenvalue weighted by atomic mass is 35.5. The molecule has 168 valence electrons. The van der Waals surface area contributed by atoms with Gasteiger partial charge in [0, 0.05) is 25.3 Å².